The van der Waals surface area contributed by atoms with Crippen molar-refractivity contribution in [2.24, 2.45) is 7.05 Å². The van der Waals surface area contributed by atoms with Crippen LogP contribution in [-0.2, 0) is 7.05 Å². The van der Waals surface area contributed by atoms with E-state index in [9.17, 15) is 5.26 Å². The van der Waals surface area contributed by atoms with Crippen LogP contribution in [0, 0.1) is 11.3 Å². The number of rotatable bonds is 6. The highest BCUT2D eigenvalue weighted by Crippen LogP contribution is 2.26. The number of nitrogens with zero attached hydrogens (tertiary/aromatic N) is 5. The van der Waals surface area contributed by atoms with Gasteiger partial charge in [-0.05, 0) is 30.3 Å². The monoisotopic (exact) mass is 254 g/mol. The molecule has 1 N–H and O–H groups in total. The summed E-state index contributed by atoms with van der Waals surface area (Å²) in [5.74, 6) is 0. The number of thioether (sulfide) groups is 1. The summed E-state index contributed by atoms with van der Waals surface area (Å²) >= 11 is 1.58. The molecular weight excluding hydrogens is 236 g/mol. The number of aryl methyl sites for hydroxylation is 1. The van der Waals surface area contributed by atoms with Crippen molar-refractivity contribution in [3.8, 4) is 6.07 Å². The number of nitriles is 1. The Kier molecular flexibility index (Phi) is 4.90. The van der Waals surface area contributed by atoms with Crippen LogP contribution in [0.2, 0.25) is 0 Å². The van der Waals surface area contributed by atoms with Crippen molar-refractivity contribution in [3.05, 3.63) is 0 Å². The SMILES string of the molecule is CCNC(C)(C#N)CC(C)Sc1nnnn1C. The highest BCUT2D eigenvalue weighted by atomic mass is 32.2. The molecule has 17 heavy (non-hydrogen) atoms. The van der Waals surface area contributed by atoms with Crippen molar-refractivity contribution in [1.29, 1.82) is 5.26 Å². The van der Waals surface area contributed by atoms with E-state index in [-0.39, 0.29) is 5.25 Å². The van der Waals surface area contributed by atoms with Crippen LogP contribution in [0.4, 0.5) is 0 Å². The third kappa shape index (κ3) is 3.98. The second-order valence-electron chi connectivity index (χ2n) is 4.19. The predicted molar refractivity (Wildman–Crippen MR) is 66.4 cm³/mol. The topological polar surface area (TPSA) is 79.4 Å². The van der Waals surface area contributed by atoms with Crippen molar-refractivity contribution in [3.63, 3.8) is 0 Å². The van der Waals surface area contributed by atoms with E-state index in [1.54, 1.807) is 16.4 Å². The summed E-state index contributed by atoms with van der Waals surface area (Å²) in [6, 6.07) is 2.32. The normalized spacial score (nSPS) is 16.2. The second-order valence-corrected chi connectivity index (χ2v) is 5.60. The zero-order valence-corrected chi connectivity index (χ0v) is 11.5. The van der Waals surface area contributed by atoms with Crippen molar-refractivity contribution >= 4 is 11.8 Å². The molecule has 2 atom stereocenters. The van der Waals surface area contributed by atoms with Crippen molar-refractivity contribution in [1.82, 2.24) is 25.5 Å². The largest absolute Gasteiger partial charge is 0.300 e. The molecule has 1 aromatic rings. The van der Waals surface area contributed by atoms with Crippen molar-refractivity contribution < 1.29 is 0 Å². The standard InChI is InChI=1S/C10H18N6S/c1-5-12-10(3,7-11)6-8(2)17-9-13-14-15-16(9)4/h8,12H,5-6H2,1-4H3. The number of hydrogen-bond acceptors (Lipinski definition) is 6. The van der Waals surface area contributed by atoms with Crippen LogP contribution in [0.3, 0.4) is 0 Å². The van der Waals surface area contributed by atoms with Crippen LogP contribution in [0.1, 0.15) is 27.2 Å². The van der Waals surface area contributed by atoms with Gasteiger partial charge in [0.25, 0.3) is 0 Å². The van der Waals surface area contributed by atoms with Gasteiger partial charge >= 0.3 is 0 Å². The molecule has 94 valence electrons. The Balaban J connectivity index is 2.57. The zero-order chi connectivity index (χ0) is 12.9. The lowest BCUT2D eigenvalue weighted by Gasteiger charge is -2.25. The molecule has 0 aliphatic rings. The molecule has 2 unspecified atom stereocenters. The van der Waals surface area contributed by atoms with Gasteiger partial charge in [0.05, 0.1) is 6.07 Å². The molecule has 1 rings (SSSR count). The first kappa shape index (κ1) is 13.9. The van der Waals surface area contributed by atoms with Crippen LogP contribution in [0.15, 0.2) is 5.16 Å². The van der Waals surface area contributed by atoms with E-state index in [1.807, 2.05) is 20.9 Å². The molecule has 1 heterocycles. The molecular formula is C10H18N6S. The van der Waals surface area contributed by atoms with Crippen LogP contribution >= 0.6 is 11.8 Å². The highest BCUT2D eigenvalue weighted by Gasteiger charge is 2.26. The van der Waals surface area contributed by atoms with E-state index in [1.165, 1.54) is 0 Å². The Labute approximate surface area is 106 Å². The second kappa shape index (κ2) is 5.98. The van der Waals surface area contributed by atoms with Gasteiger partial charge in [0, 0.05) is 12.3 Å². The molecule has 6 nitrogen and oxygen atoms in total. The summed E-state index contributed by atoms with van der Waals surface area (Å²) in [7, 11) is 1.81. The summed E-state index contributed by atoms with van der Waals surface area (Å²) in [5.41, 5.74) is -0.493. The van der Waals surface area contributed by atoms with Crippen LogP contribution in [0.5, 0.6) is 0 Å². The van der Waals surface area contributed by atoms with Gasteiger partial charge < -0.3 is 0 Å². The first-order valence-electron chi connectivity index (χ1n) is 5.56. The van der Waals surface area contributed by atoms with Gasteiger partial charge in [-0.15, -0.1) is 5.10 Å². The maximum absolute atomic E-state index is 9.18. The lowest BCUT2D eigenvalue weighted by atomic mass is 9.98. The van der Waals surface area contributed by atoms with Gasteiger partial charge in [-0.25, -0.2) is 4.68 Å². The number of tetrazole rings is 1. The molecule has 0 aliphatic heterocycles. The maximum atomic E-state index is 9.18. The van der Waals surface area contributed by atoms with Crippen LogP contribution < -0.4 is 5.32 Å². The molecule has 0 radical (unpaired) electrons. The van der Waals surface area contributed by atoms with Crippen LogP contribution in [-0.4, -0.2) is 37.5 Å². The molecule has 0 bridgehead atoms. The fourth-order valence-corrected chi connectivity index (χ4v) is 2.71. The molecule has 0 saturated carbocycles. The van der Waals surface area contributed by atoms with E-state index >= 15 is 0 Å². The van der Waals surface area contributed by atoms with Gasteiger partial charge in [0.1, 0.15) is 5.54 Å². The molecule has 0 spiro atoms. The van der Waals surface area contributed by atoms with Gasteiger partial charge in [-0.2, -0.15) is 5.26 Å². The van der Waals surface area contributed by atoms with Crippen molar-refractivity contribution in [2.45, 2.75) is 43.1 Å². The van der Waals surface area contributed by atoms with Gasteiger partial charge in [0.15, 0.2) is 0 Å². The summed E-state index contributed by atoms with van der Waals surface area (Å²) in [4.78, 5) is 0. The minimum atomic E-state index is -0.493. The van der Waals surface area contributed by atoms with Gasteiger partial charge in [-0.3, -0.25) is 5.32 Å². The molecule has 0 amide bonds. The summed E-state index contributed by atoms with van der Waals surface area (Å²) in [5, 5.41) is 24.7. The highest BCUT2D eigenvalue weighted by molar-refractivity contribution is 7.99. The van der Waals surface area contributed by atoms with E-state index in [4.69, 9.17) is 0 Å². The molecule has 7 heteroatoms. The van der Waals surface area contributed by atoms with Crippen LogP contribution in [0.25, 0.3) is 0 Å². The summed E-state index contributed by atoms with van der Waals surface area (Å²) in [6.07, 6.45) is 0.745. The lowest BCUT2D eigenvalue weighted by Crippen LogP contribution is -2.42. The van der Waals surface area contributed by atoms with Gasteiger partial charge in [-0.1, -0.05) is 25.6 Å². The van der Waals surface area contributed by atoms with E-state index in [2.05, 4.69) is 33.8 Å². The van der Waals surface area contributed by atoms with E-state index in [0.29, 0.717) is 0 Å². The molecule has 0 saturated heterocycles. The molecule has 0 aromatic carbocycles. The molecule has 1 aromatic heterocycles. The van der Waals surface area contributed by atoms with E-state index < -0.39 is 5.54 Å². The number of nitrogens with one attached hydrogen (secondary N) is 1. The molecule has 0 fully saturated rings. The minimum Gasteiger partial charge on any atom is -0.300 e. The Morgan fingerprint density at radius 3 is 2.82 bits per heavy atom. The number of hydrogen-bond donors (Lipinski definition) is 1. The fourth-order valence-electron chi connectivity index (χ4n) is 1.67. The lowest BCUT2D eigenvalue weighted by molar-refractivity contribution is 0.429. The smallest absolute Gasteiger partial charge is 0.209 e. The quantitative estimate of drug-likeness (QED) is 0.762. The summed E-state index contributed by atoms with van der Waals surface area (Å²) < 4.78 is 1.64. The first-order chi connectivity index (χ1) is 8.00. The third-order valence-electron chi connectivity index (χ3n) is 2.40. The third-order valence-corrected chi connectivity index (χ3v) is 3.52. The average Bonchev–Trinajstić information content (AvgIpc) is 2.64. The summed E-state index contributed by atoms with van der Waals surface area (Å²) in [6.45, 7) is 6.78. The average molecular weight is 254 g/mol. The van der Waals surface area contributed by atoms with Crippen molar-refractivity contribution in [2.75, 3.05) is 6.54 Å². The number of aromatic nitrogens is 4. The Morgan fingerprint density at radius 1 is 1.65 bits per heavy atom. The maximum Gasteiger partial charge on any atom is 0.209 e. The Morgan fingerprint density at radius 2 is 2.35 bits per heavy atom. The fraction of sp³-hybridized carbons (Fsp3) is 0.800. The minimum absolute atomic E-state index is 0.267. The predicted octanol–water partition coefficient (Wildman–Crippen LogP) is 0.973. The molecule has 0 aliphatic carbocycles. The first-order valence-corrected chi connectivity index (χ1v) is 6.44. The van der Waals surface area contributed by atoms with E-state index in [0.717, 1.165) is 18.1 Å². The zero-order valence-electron chi connectivity index (χ0n) is 10.6. The Hall–Kier alpha value is -1.13. The van der Waals surface area contributed by atoms with Gasteiger partial charge in [0.2, 0.25) is 5.16 Å². The Bertz CT molecular complexity index is 398.